The van der Waals surface area contributed by atoms with Crippen molar-refractivity contribution < 1.29 is 0 Å². The van der Waals surface area contributed by atoms with Gasteiger partial charge in [0.2, 0.25) is 0 Å². The van der Waals surface area contributed by atoms with E-state index in [1.165, 1.54) is 105 Å². The first-order chi connectivity index (χ1) is 27.1. The van der Waals surface area contributed by atoms with Crippen molar-refractivity contribution in [2.45, 2.75) is 26.7 Å². The van der Waals surface area contributed by atoms with E-state index < -0.39 is 0 Å². The molecule has 1 unspecified atom stereocenters. The Morgan fingerprint density at radius 1 is 0.473 bits per heavy atom. The fraction of sp³-hybridized carbons (Fsp3) is 0.0909. The lowest BCUT2D eigenvalue weighted by atomic mass is 9.78. The van der Waals surface area contributed by atoms with Crippen LogP contribution in [0, 0.1) is 12.8 Å². The Kier molecular flexibility index (Phi) is 8.26. The molecule has 55 heavy (non-hydrogen) atoms. The molecule has 10 rings (SSSR count). The van der Waals surface area contributed by atoms with E-state index in [0.29, 0.717) is 0 Å². The van der Waals surface area contributed by atoms with Crippen LogP contribution in [0.5, 0.6) is 0 Å². The topological polar surface area (TPSA) is 0 Å². The van der Waals surface area contributed by atoms with Crippen molar-refractivity contribution >= 4 is 55.6 Å². The van der Waals surface area contributed by atoms with Gasteiger partial charge in [-0.2, -0.15) is 0 Å². The summed E-state index contributed by atoms with van der Waals surface area (Å²) in [6.07, 6.45) is 13.9. The molecule has 0 heteroatoms. The molecule has 0 aliphatic heterocycles. The minimum atomic E-state index is 0.249. The maximum Gasteiger partial charge on any atom is 0.00675 e. The number of rotatable bonds is 4. The van der Waals surface area contributed by atoms with Gasteiger partial charge in [-0.15, -0.1) is 0 Å². The molecule has 0 saturated heterocycles. The Morgan fingerprint density at radius 3 is 1.85 bits per heavy atom. The van der Waals surface area contributed by atoms with E-state index in [1.54, 1.807) is 0 Å². The molecule has 1 atom stereocenters. The van der Waals surface area contributed by atoms with E-state index in [-0.39, 0.29) is 5.92 Å². The summed E-state index contributed by atoms with van der Waals surface area (Å²) in [6, 6.07) is 58.4. The summed E-state index contributed by atoms with van der Waals surface area (Å²) in [5, 5.41) is 7.69. The average Bonchev–Trinajstić information content (AvgIpc) is 3.28. The van der Waals surface area contributed by atoms with Crippen LogP contribution in [-0.4, -0.2) is 0 Å². The molecule has 0 saturated carbocycles. The molecule has 0 aromatic heterocycles. The van der Waals surface area contributed by atoms with Crippen LogP contribution in [-0.2, 0) is 6.42 Å². The second kappa shape index (κ2) is 13.7. The normalized spacial score (nSPS) is 17.3. The second-order valence-electron chi connectivity index (χ2n) is 15.3. The van der Waals surface area contributed by atoms with E-state index in [4.69, 9.17) is 0 Å². The number of hydrogen-bond donors (Lipinski definition) is 0. The molecule has 0 bridgehead atoms. The van der Waals surface area contributed by atoms with E-state index >= 15 is 0 Å². The number of fused-ring (bicyclic) bond motifs is 5. The zero-order chi connectivity index (χ0) is 36.9. The van der Waals surface area contributed by atoms with E-state index in [9.17, 15) is 0 Å². The Balaban J connectivity index is 1.12. The molecule has 0 spiro atoms. The van der Waals surface area contributed by atoms with E-state index in [0.717, 1.165) is 12.8 Å². The monoisotopic (exact) mass is 702 g/mol. The first kappa shape index (κ1) is 33.1. The molecule has 0 nitrogen and oxygen atoms in total. The SMILES string of the molecule is C/C1=C(/C2C=C(c3c4ccccc4c(-c4ccc(-c5ccc6ccccc6c5)cc4)c4ccccc34)C=CC2)c2cc(C)ccc2/C=C/c2ccccc2C1. The first-order valence-electron chi connectivity index (χ1n) is 19.6. The van der Waals surface area contributed by atoms with Crippen LogP contribution in [0.15, 0.2) is 182 Å². The van der Waals surface area contributed by atoms with Crippen LogP contribution in [0.25, 0.3) is 77.9 Å². The largest absolute Gasteiger partial charge is 0.0830 e. The molecule has 0 fully saturated rings. The highest BCUT2D eigenvalue weighted by atomic mass is 14.3. The van der Waals surface area contributed by atoms with Crippen molar-refractivity contribution in [3.63, 3.8) is 0 Å². The highest BCUT2D eigenvalue weighted by Gasteiger charge is 2.24. The van der Waals surface area contributed by atoms with Gasteiger partial charge in [-0.25, -0.2) is 0 Å². The van der Waals surface area contributed by atoms with Crippen molar-refractivity contribution in [3.8, 4) is 22.3 Å². The number of aryl methyl sites for hydroxylation is 1. The predicted octanol–water partition coefficient (Wildman–Crippen LogP) is 14.9. The lowest BCUT2D eigenvalue weighted by molar-refractivity contribution is 0.834. The predicted molar refractivity (Wildman–Crippen MR) is 238 cm³/mol. The second-order valence-corrected chi connectivity index (χ2v) is 15.3. The summed E-state index contributed by atoms with van der Waals surface area (Å²) in [7, 11) is 0. The Hall–Kier alpha value is -6.50. The van der Waals surface area contributed by atoms with Crippen molar-refractivity contribution in [3.05, 3.63) is 215 Å². The third-order valence-electron chi connectivity index (χ3n) is 11.8. The fourth-order valence-corrected chi connectivity index (χ4v) is 9.21. The lowest BCUT2D eigenvalue weighted by Gasteiger charge is -2.26. The number of hydrogen-bond acceptors (Lipinski definition) is 0. The molecule has 0 amide bonds. The van der Waals surface area contributed by atoms with Crippen LogP contribution >= 0.6 is 0 Å². The molecule has 0 N–H and O–H groups in total. The summed E-state index contributed by atoms with van der Waals surface area (Å²) in [6.45, 7) is 4.58. The third-order valence-corrected chi connectivity index (χ3v) is 11.8. The summed E-state index contributed by atoms with van der Waals surface area (Å²) >= 11 is 0. The lowest BCUT2D eigenvalue weighted by Crippen LogP contribution is -2.09. The maximum absolute atomic E-state index is 2.57. The van der Waals surface area contributed by atoms with Crippen LogP contribution < -0.4 is 0 Å². The average molecular weight is 703 g/mol. The Labute approximate surface area is 324 Å². The van der Waals surface area contributed by atoms with Gasteiger partial charge in [-0.1, -0.05) is 193 Å². The van der Waals surface area contributed by atoms with Crippen molar-refractivity contribution in [1.82, 2.24) is 0 Å². The molecule has 0 heterocycles. The van der Waals surface area contributed by atoms with Crippen molar-refractivity contribution in [2.75, 3.05) is 0 Å². The van der Waals surface area contributed by atoms with Crippen LogP contribution in [0.1, 0.15) is 46.7 Å². The van der Waals surface area contributed by atoms with Gasteiger partial charge < -0.3 is 0 Å². The molecule has 8 aromatic carbocycles. The third kappa shape index (κ3) is 5.96. The summed E-state index contributed by atoms with van der Waals surface area (Å²) in [5.74, 6) is 0.249. The minimum absolute atomic E-state index is 0.249. The van der Waals surface area contributed by atoms with E-state index in [2.05, 4.69) is 202 Å². The van der Waals surface area contributed by atoms with Crippen LogP contribution in [0.2, 0.25) is 0 Å². The van der Waals surface area contributed by atoms with Gasteiger partial charge in [0.15, 0.2) is 0 Å². The highest BCUT2D eigenvalue weighted by molar-refractivity contribution is 6.19. The van der Waals surface area contributed by atoms with Gasteiger partial charge in [0.05, 0.1) is 0 Å². The van der Waals surface area contributed by atoms with Gasteiger partial charge in [-0.3, -0.25) is 0 Å². The Morgan fingerprint density at radius 2 is 1.09 bits per heavy atom. The minimum Gasteiger partial charge on any atom is -0.0830 e. The van der Waals surface area contributed by atoms with Crippen LogP contribution in [0.4, 0.5) is 0 Å². The Bertz CT molecular complexity index is 2870. The highest BCUT2D eigenvalue weighted by Crippen LogP contribution is 2.46. The van der Waals surface area contributed by atoms with Crippen molar-refractivity contribution in [2.24, 2.45) is 5.92 Å². The first-order valence-corrected chi connectivity index (χ1v) is 19.6. The molecule has 2 aliphatic rings. The summed E-state index contributed by atoms with van der Waals surface area (Å²) in [4.78, 5) is 0. The smallest absolute Gasteiger partial charge is 0.00675 e. The van der Waals surface area contributed by atoms with Crippen molar-refractivity contribution in [1.29, 1.82) is 0 Å². The van der Waals surface area contributed by atoms with Crippen LogP contribution in [0.3, 0.4) is 0 Å². The molecule has 8 aromatic rings. The zero-order valence-electron chi connectivity index (χ0n) is 31.4. The maximum atomic E-state index is 2.57. The van der Waals surface area contributed by atoms with Gasteiger partial charge in [0, 0.05) is 5.92 Å². The molecule has 0 radical (unpaired) electrons. The van der Waals surface area contributed by atoms with E-state index in [1.807, 2.05) is 0 Å². The van der Waals surface area contributed by atoms with Gasteiger partial charge in [0.1, 0.15) is 0 Å². The zero-order valence-corrected chi connectivity index (χ0v) is 31.4. The van der Waals surface area contributed by atoms with Gasteiger partial charge >= 0.3 is 0 Å². The molecular weight excluding hydrogens is 661 g/mol. The standard InChI is InChI=1S/C55H42/c1-36-22-23-41-28-24-38-12-3-5-14-43(38)33-37(2)53(52(41)32-36)46-16-11-17-47(35-46)55-50-20-9-7-18-48(50)54(49-19-8-10-21-51(49)55)42-29-25-40(26-30-42)45-31-27-39-13-4-6-15-44(39)34-45/h3-15,17-32,34-35,46H,16,33H2,1-2H3/b28-24+,53-37+. The van der Waals surface area contributed by atoms with Gasteiger partial charge in [0.25, 0.3) is 0 Å². The fourth-order valence-electron chi connectivity index (χ4n) is 9.21. The summed E-state index contributed by atoms with van der Waals surface area (Å²) < 4.78 is 0. The summed E-state index contributed by atoms with van der Waals surface area (Å²) in [5.41, 5.74) is 17.1. The molecular formula is C55H42. The molecule has 262 valence electrons. The number of benzene rings is 8. The quantitative estimate of drug-likeness (QED) is 0.160. The van der Waals surface area contributed by atoms with Gasteiger partial charge in [-0.05, 0) is 126 Å². The molecule has 2 aliphatic carbocycles. The number of allylic oxidation sites excluding steroid dienone is 6.